The number of H-pyrrole nitrogens is 1. The van der Waals surface area contributed by atoms with Crippen molar-refractivity contribution in [3.8, 4) is 0 Å². The third kappa shape index (κ3) is 3.25. The average Bonchev–Trinajstić information content (AvgIpc) is 3.26. The van der Waals surface area contributed by atoms with E-state index in [9.17, 15) is 9.59 Å². The Morgan fingerprint density at radius 2 is 2.00 bits per heavy atom. The number of hydrogen-bond acceptors (Lipinski definition) is 5. The summed E-state index contributed by atoms with van der Waals surface area (Å²) in [6.07, 6.45) is 3.50. The summed E-state index contributed by atoms with van der Waals surface area (Å²) < 4.78 is 5.48. The number of hydrogen-bond donors (Lipinski definition) is 1. The van der Waals surface area contributed by atoms with E-state index >= 15 is 0 Å². The number of nitrogens with one attached hydrogen (secondary N) is 1. The molecule has 1 N–H and O–H groups in total. The number of aromatic nitrogens is 2. The predicted octanol–water partition coefficient (Wildman–Crippen LogP) is 1.47. The third-order valence-corrected chi connectivity index (χ3v) is 6.77. The fourth-order valence-electron chi connectivity index (χ4n) is 5.57. The second-order valence-corrected chi connectivity index (χ2v) is 9.05. The molecule has 164 valence electrons. The number of imidazole rings is 1. The van der Waals surface area contributed by atoms with E-state index < -0.39 is 5.54 Å². The normalized spacial score (nSPS) is 23.2. The molecule has 1 atom stereocenters. The van der Waals surface area contributed by atoms with Gasteiger partial charge >= 0.3 is 0 Å². The van der Waals surface area contributed by atoms with Crippen molar-refractivity contribution in [3.63, 3.8) is 0 Å². The lowest BCUT2D eigenvalue weighted by molar-refractivity contribution is -0.148. The maximum absolute atomic E-state index is 13.9. The van der Waals surface area contributed by atoms with Crippen LogP contribution in [0.1, 0.15) is 41.4 Å². The van der Waals surface area contributed by atoms with Crippen LogP contribution in [0, 0.1) is 0 Å². The van der Waals surface area contributed by atoms with Gasteiger partial charge in [-0.25, -0.2) is 4.98 Å². The molecule has 2 saturated heterocycles. The number of rotatable bonds is 4. The number of morpholine rings is 1. The Labute approximate surface area is 182 Å². The van der Waals surface area contributed by atoms with Gasteiger partial charge in [0.1, 0.15) is 0 Å². The minimum absolute atomic E-state index is 0.00449. The predicted molar refractivity (Wildman–Crippen MR) is 114 cm³/mol. The summed E-state index contributed by atoms with van der Waals surface area (Å²) in [6.45, 7) is 8.45. The van der Waals surface area contributed by atoms with E-state index in [2.05, 4.69) is 14.9 Å². The monoisotopic (exact) mass is 423 g/mol. The maximum atomic E-state index is 13.9. The molecule has 3 aliphatic rings. The van der Waals surface area contributed by atoms with Gasteiger partial charge < -0.3 is 19.5 Å². The smallest absolute Gasteiger partial charge is 0.254 e. The molecule has 3 aliphatic heterocycles. The Hall–Kier alpha value is -2.71. The Bertz CT molecular complexity index is 961. The van der Waals surface area contributed by atoms with Gasteiger partial charge in [-0.1, -0.05) is 18.2 Å². The van der Waals surface area contributed by atoms with Crippen molar-refractivity contribution in [1.82, 2.24) is 24.7 Å². The zero-order valence-corrected chi connectivity index (χ0v) is 18.1. The van der Waals surface area contributed by atoms with Crippen LogP contribution in [0.15, 0.2) is 36.8 Å². The van der Waals surface area contributed by atoms with Crippen LogP contribution >= 0.6 is 0 Å². The molecule has 1 spiro atoms. The van der Waals surface area contributed by atoms with Crippen molar-refractivity contribution in [2.24, 2.45) is 0 Å². The van der Waals surface area contributed by atoms with Gasteiger partial charge in [-0.3, -0.25) is 14.5 Å². The molecule has 8 nitrogen and oxygen atoms in total. The van der Waals surface area contributed by atoms with Crippen molar-refractivity contribution >= 4 is 11.8 Å². The molecule has 1 aromatic heterocycles. The van der Waals surface area contributed by atoms with Crippen molar-refractivity contribution in [2.45, 2.75) is 37.9 Å². The van der Waals surface area contributed by atoms with Crippen LogP contribution in [0.4, 0.5) is 0 Å². The lowest BCUT2D eigenvalue weighted by Crippen LogP contribution is -2.77. The van der Waals surface area contributed by atoms with Gasteiger partial charge in [0.25, 0.3) is 5.91 Å². The zero-order chi connectivity index (χ0) is 21.6. The topological polar surface area (TPSA) is 81.8 Å². The molecule has 4 heterocycles. The van der Waals surface area contributed by atoms with Gasteiger partial charge in [0.05, 0.1) is 31.0 Å². The number of benzene rings is 1. The van der Waals surface area contributed by atoms with Crippen molar-refractivity contribution < 1.29 is 14.3 Å². The number of carbonyl (C=O) groups excluding carboxylic acids is 2. The van der Waals surface area contributed by atoms with Gasteiger partial charge in [-0.05, 0) is 25.5 Å². The first-order valence-corrected chi connectivity index (χ1v) is 11.0. The molecule has 0 saturated carbocycles. The summed E-state index contributed by atoms with van der Waals surface area (Å²) in [5.74, 6) is -0.243. The molecule has 2 fully saturated rings. The van der Waals surface area contributed by atoms with Crippen LogP contribution in [0.3, 0.4) is 0 Å². The Morgan fingerprint density at radius 3 is 2.68 bits per heavy atom. The zero-order valence-electron chi connectivity index (χ0n) is 18.1. The highest BCUT2D eigenvalue weighted by Gasteiger charge is 2.61. The number of fused-ring (bicyclic) bond motifs is 1. The number of amides is 2. The van der Waals surface area contributed by atoms with E-state index in [1.165, 1.54) is 0 Å². The minimum Gasteiger partial charge on any atom is -0.378 e. The van der Waals surface area contributed by atoms with Gasteiger partial charge in [0.15, 0.2) is 0 Å². The molecule has 1 aromatic carbocycles. The quantitative estimate of drug-likeness (QED) is 0.806. The Morgan fingerprint density at radius 1 is 1.26 bits per heavy atom. The van der Waals surface area contributed by atoms with Gasteiger partial charge in [-0.15, -0.1) is 0 Å². The molecule has 2 aromatic rings. The fraction of sp³-hybridized carbons (Fsp3) is 0.522. The first-order valence-electron chi connectivity index (χ1n) is 11.0. The number of nitrogens with zero attached hydrogens (tertiary/aromatic N) is 4. The summed E-state index contributed by atoms with van der Waals surface area (Å²) in [7, 11) is 0. The molecule has 0 bridgehead atoms. The van der Waals surface area contributed by atoms with Crippen LogP contribution in [-0.2, 0) is 16.1 Å². The van der Waals surface area contributed by atoms with Crippen LogP contribution < -0.4 is 0 Å². The molecule has 0 radical (unpaired) electrons. The average molecular weight is 424 g/mol. The molecule has 5 rings (SSSR count). The Kier molecular flexibility index (Phi) is 5.06. The second kappa shape index (κ2) is 7.76. The number of aromatic amines is 1. The summed E-state index contributed by atoms with van der Waals surface area (Å²) in [6, 6.07) is 7.64. The summed E-state index contributed by atoms with van der Waals surface area (Å²) in [5, 5.41) is 0. The highest BCUT2D eigenvalue weighted by atomic mass is 16.5. The highest BCUT2D eigenvalue weighted by molar-refractivity contribution is 6.02. The van der Waals surface area contributed by atoms with Gasteiger partial charge in [0, 0.05) is 56.2 Å². The molecule has 0 aliphatic carbocycles. The van der Waals surface area contributed by atoms with E-state index in [-0.39, 0.29) is 23.8 Å². The van der Waals surface area contributed by atoms with Gasteiger partial charge in [0.2, 0.25) is 5.91 Å². The van der Waals surface area contributed by atoms with Crippen LogP contribution in [0.2, 0.25) is 0 Å². The maximum Gasteiger partial charge on any atom is 0.254 e. The van der Waals surface area contributed by atoms with E-state index in [1.807, 2.05) is 54.1 Å². The number of carbonyl (C=O) groups is 2. The summed E-state index contributed by atoms with van der Waals surface area (Å²) in [4.78, 5) is 40.9. The van der Waals surface area contributed by atoms with Crippen LogP contribution in [0.5, 0.6) is 0 Å². The van der Waals surface area contributed by atoms with Gasteiger partial charge in [-0.2, -0.15) is 0 Å². The van der Waals surface area contributed by atoms with Crippen molar-refractivity contribution in [2.75, 3.05) is 39.4 Å². The SMILES string of the molecule is CC(C)N1C(=O)c2ccccc2C(C(=O)N2CCOCC2)C12CN(Cc1cnc[nH]1)C2. The largest absolute Gasteiger partial charge is 0.378 e. The molecule has 8 heteroatoms. The number of likely N-dealkylation sites (tertiary alicyclic amines) is 1. The lowest BCUT2D eigenvalue weighted by Gasteiger charge is -2.62. The second-order valence-electron chi connectivity index (χ2n) is 9.05. The van der Waals surface area contributed by atoms with E-state index in [0.29, 0.717) is 45.0 Å². The first-order chi connectivity index (χ1) is 15.0. The van der Waals surface area contributed by atoms with Crippen molar-refractivity contribution in [1.29, 1.82) is 0 Å². The van der Waals surface area contributed by atoms with E-state index in [0.717, 1.165) is 17.8 Å². The molecule has 1 unspecified atom stereocenters. The number of ether oxygens (including phenoxy) is 1. The molecular weight excluding hydrogens is 394 g/mol. The molecule has 2 amide bonds. The van der Waals surface area contributed by atoms with Crippen molar-refractivity contribution in [3.05, 3.63) is 53.6 Å². The molecular formula is C23H29N5O3. The summed E-state index contributed by atoms with van der Waals surface area (Å²) >= 11 is 0. The highest BCUT2D eigenvalue weighted by Crippen LogP contribution is 2.48. The Balaban J connectivity index is 1.54. The minimum atomic E-state index is -0.547. The fourth-order valence-corrected chi connectivity index (χ4v) is 5.57. The molecule has 31 heavy (non-hydrogen) atoms. The summed E-state index contributed by atoms with van der Waals surface area (Å²) in [5.41, 5.74) is 2.00. The first kappa shape index (κ1) is 20.2. The van der Waals surface area contributed by atoms with Crippen LogP contribution in [0.25, 0.3) is 0 Å². The van der Waals surface area contributed by atoms with Crippen LogP contribution in [-0.4, -0.2) is 87.5 Å². The van der Waals surface area contributed by atoms with E-state index in [4.69, 9.17) is 4.74 Å². The lowest BCUT2D eigenvalue weighted by atomic mass is 9.67. The third-order valence-electron chi connectivity index (χ3n) is 6.77. The standard InChI is InChI=1S/C23H29N5O3/c1-16(2)28-21(29)19-6-4-3-5-18(19)20(22(30)27-7-9-31-10-8-27)23(28)13-26(14-23)12-17-11-24-15-25-17/h3-6,11,15-16,20H,7-10,12-14H2,1-2H3,(H,24,25). The van der Waals surface area contributed by atoms with E-state index in [1.54, 1.807) is 6.33 Å².